The van der Waals surface area contributed by atoms with Gasteiger partial charge in [0.05, 0.1) is 12.2 Å². The van der Waals surface area contributed by atoms with Crippen molar-refractivity contribution >= 4 is 11.6 Å². The highest BCUT2D eigenvalue weighted by atomic mass is 19.3. The third kappa shape index (κ3) is 3.57. The zero-order chi connectivity index (χ0) is 20.0. The van der Waals surface area contributed by atoms with Crippen molar-refractivity contribution in [2.75, 3.05) is 24.5 Å². The third-order valence-corrected chi connectivity index (χ3v) is 6.04. The van der Waals surface area contributed by atoms with E-state index in [4.69, 9.17) is 4.98 Å². The normalized spacial score (nSPS) is 18.6. The number of anilines is 1. The first kappa shape index (κ1) is 18.4. The Morgan fingerprint density at radius 3 is 2.90 bits per heavy atom. The van der Waals surface area contributed by atoms with Gasteiger partial charge in [-0.3, -0.25) is 14.8 Å². The van der Waals surface area contributed by atoms with E-state index in [0.29, 0.717) is 32.6 Å². The highest BCUT2D eigenvalue weighted by Crippen LogP contribution is 2.31. The van der Waals surface area contributed by atoms with Crippen LogP contribution in [0.25, 0.3) is 0 Å². The van der Waals surface area contributed by atoms with Gasteiger partial charge in [-0.2, -0.15) is 0 Å². The molecule has 1 saturated heterocycles. The molecular weight excluding hydrogens is 376 g/mol. The molecule has 8 heteroatoms. The Morgan fingerprint density at radius 2 is 2.07 bits per heavy atom. The Kier molecular flexibility index (Phi) is 4.66. The smallest absolute Gasteiger partial charge is 0.280 e. The monoisotopic (exact) mass is 399 g/mol. The number of amides is 1. The highest BCUT2D eigenvalue weighted by molar-refractivity contribution is 5.77. The van der Waals surface area contributed by atoms with Crippen LogP contribution < -0.4 is 10.2 Å². The van der Waals surface area contributed by atoms with E-state index in [1.54, 1.807) is 6.07 Å². The zero-order valence-electron chi connectivity index (χ0n) is 16.1. The minimum absolute atomic E-state index is 0.145. The summed E-state index contributed by atoms with van der Waals surface area (Å²) < 4.78 is 25.7. The van der Waals surface area contributed by atoms with E-state index in [1.807, 2.05) is 9.80 Å². The lowest BCUT2D eigenvalue weighted by molar-refractivity contribution is -0.133. The second kappa shape index (κ2) is 7.33. The average Bonchev–Trinajstić information content (AvgIpc) is 3.11. The van der Waals surface area contributed by atoms with Crippen molar-refractivity contribution in [2.45, 2.75) is 38.9 Å². The number of carbonyl (C=O) groups is 1. The van der Waals surface area contributed by atoms with Crippen LogP contribution in [0.4, 0.5) is 14.5 Å². The number of hydrogen-bond acceptors (Lipinski definition) is 5. The zero-order valence-corrected chi connectivity index (χ0v) is 16.1. The molecule has 2 aromatic rings. The number of hydrogen-bond donors (Lipinski definition) is 1. The predicted octanol–water partition coefficient (Wildman–Crippen LogP) is 2.43. The molecule has 3 aliphatic rings. The fraction of sp³-hybridized carbons (Fsp3) is 0.476. The number of alkyl halides is 2. The Bertz CT molecular complexity index is 910. The number of aromatic nitrogens is 2. The lowest BCUT2D eigenvalue weighted by Crippen LogP contribution is -2.48. The molecule has 0 spiro atoms. The van der Waals surface area contributed by atoms with E-state index in [2.05, 4.69) is 16.4 Å². The first-order valence-corrected chi connectivity index (χ1v) is 10.0. The predicted molar refractivity (Wildman–Crippen MR) is 103 cm³/mol. The van der Waals surface area contributed by atoms with Crippen LogP contribution in [0.3, 0.4) is 0 Å². The summed E-state index contributed by atoms with van der Waals surface area (Å²) in [4.78, 5) is 25.2. The van der Waals surface area contributed by atoms with Crippen LogP contribution in [0.5, 0.6) is 0 Å². The molecule has 5 heterocycles. The van der Waals surface area contributed by atoms with E-state index in [-0.39, 0.29) is 17.5 Å². The minimum atomic E-state index is -2.57. The Labute approximate surface area is 167 Å². The van der Waals surface area contributed by atoms with Crippen molar-refractivity contribution in [3.05, 3.63) is 52.6 Å². The molecule has 1 fully saturated rings. The molecule has 0 bridgehead atoms. The number of nitrogens with one attached hydrogen (secondary N) is 1. The van der Waals surface area contributed by atoms with Crippen molar-refractivity contribution in [2.24, 2.45) is 5.92 Å². The maximum absolute atomic E-state index is 12.8. The van der Waals surface area contributed by atoms with Crippen LogP contribution in [0, 0.1) is 5.92 Å². The van der Waals surface area contributed by atoms with Crippen molar-refractivity contribution in [3.8, 4) is 0 Å². The molecule has 0 unspecified atom stereocenters. The van der Waals surface area contributed by atoms with Crippen molar-refractivity contribution in [1.82, 2.24) is 20.2 Å². The first-order chi connectivity index (χ1) is 14.1. The van der Waals surface area contributed by atoms with E-state index in [0.717, 1.165) is 42.1 Å². The van der Waals surface area contributed by atoms with Gasteiger partial charge in [-0.25, -0.2) is 8.78 Å². The van der Waals surface area contributed by atoms with Gasteiger partial charge in [-0.05, 0) is 29.3 Å². The van der Waals surface area contributed by atoms with E-state index < -0.39 is 6.43 Å². The van der Waals surface area contributed by atoms with Crippen LogP contribution in [0.15, 0.2) is 24.4 Å². The highest BCUT2D eigenvalue weighted by Gasteiger charge is 2.33. The van der Waals surface area contributed by atoms with Crippen LogP contribution in [-0.4, -0.2) is 40.4 Å². The molecule has 152 valence electrons. The first-order valence-electron chi connectivity index (χ1n) is 10.0. The summed E-state index contributed by atoms with van der Waals surface area (Å²) in [5.74, 6) is 0.395. The molecule has 1 N–H and O–H groups in total. The molecular formula is C21H23F2N5O. The van der Waals surface area contributed by atoms with E-state index >= 15 is 0 Å². The fourth-order valence-electron chi connectivity index (χ4n) is 4.41. The molecule has 0 saturated carbocycles. The molecule has 0 radical (unpaired) electrons. The molecule has 3 aliphatic heterocycles. The van der Waals surface area contributed by atoms with Gasteiger partial charge in [0, 0.05) is 69.1 Å². The summed E-state index contributed by atoms with van der Waals surface area (Å²) in [6, 6.07) is 5.37. The van der Waals surface area contributed by atoms with E-state index in [1.165, 1.54) is 17.8 Å². The maximum atomic E-state index is 12.8. The molecule has 0 aliphatic carbocycles. The molecule has 2 aromatic heterocycles. The van der Waals surface area contributed by atoms with Gasteiger partial charge >= 0.3 is 0 Å². The van der Waals surface area contributed by atoms with Gasteiger partial charge in [-0.1, -0.05) is 0 Å². The summed E-state index contributed by atoms with van der Waals surface area (Å²) in [5.41, 5.74) is 5.14. The molecule has 29 heavy (non-hydrogen) atoms. The largest absolute Gasteiger partial charge is 0.371 e. The minimum Gasteiger partial charge on any atom is -0.371 e. The van der Waals surface area contributed by atoms with Gasteiger partial charge < -0.3 is 15.1 Å². The quantitative estimate of drug-likeness (QED) is 0.856. The van der Waals surface area contributed by atoms with Gasteiger partial charge in [0.2, 0.25) is 5.91 Å². The summed E-state index contributed by atoms with van der Waals surface area (Å²) in [6.45, 7) is 4.44. The molecule has 5 rings (SSSR count). The van der Waals surface area contributed by atoms with Gasteiger partial charge in [0.25, 0.3) is 6.43 Å². The van der Waals surface area contributed by atoms with Crippen LogP contribution >= 0.6 is 0 Å². The van der Waals surface area contributed by atoms with Gasteiger partial charge in [0.1, 0.15) is 5.69 Å². The Morgan fingerprint density at radius 1 is 1.21 bits per heavy atom. The Balaban J connectivity index is 1.17. The summed E-state index contributed by atoms with van der Waals surface area (Å²) in [7, 11) is 0. The molecule has 0 atom stereocenters. The summed E-state index contributed by atoms with van der Waals surface area (Å²) in [5, 5.41) is 3.36. The number of carbonyl (C=O) groups excluding carboxylic acids is 1. The number of pyridine rings is 2. The topological polar surface area (TPSA) is 61.4 Å². The van der Waals surface area contributed by atoms with Crippen LogP contribution in [0.2, 0.25) is 0 Å². The SMILES string of the molecule is O=C(CC1CN(c2ccnc(C(F)F)c2)C1)N1Cc2cc3c(nc2C1)CCNC3. The number of fused-ring (bicyclic) bond motifs is 2. The number of nitrogens with zero attached hydrogens (tertiary/aromatic N) is 4. The maximum Gasteiger partial charge on any atom is 0.280 e. The lowest BCUT2D eigenvalue weighted by Gasteiger charge is -2.41. The van der Waals surface area contributed by atoms with E-state index in [9.17, 15) is 13.6 Å². The van der Waals surface area contributed by atoms with Gasteiger partial charge in [0.15, 0.2) is 0 Å². The van der Waals surface area contributed by atoms with Crippen LogP contribution in [-0.2, 0) is 30.8 Å². The van der Waals surface area contributed by atoms with Crippen molar-refractivity contribution in [1.29, 1.82) is 0 Å². The van der Waals surface area contributed by atoms with Crippen molar-refractivity contribution < 1.29 is 13.6 Å². The number of rotatable bonds is 4. The third-order valence-electron chi connectivity index (χ3n) is 6.04. The molecule has 6 nitrogen and oxygen atoms in total. The second-order valence-corrected chi connectivity index (χ2v) is 8.09. The van der Waals surface area contributed by atoms with Gasteiger partial charge in [-0.15, -0.1) is 0 Å². The Hall–Kier alpha value is -2.61. The van der Waals surface area contributed by atoms with Crippen molar-refractivity contribution in [3.63, 3.8) is 0 Å². The molecule has 0 aromatic carbocycles. The standard InChI is InChI=1S/C21H23F2N5O/c22-21(23)18-7-16(1-4-25-18)27-9-13(10-27)5-20(29)28-11-15-6-14-8-24-3-2-17(14)26-19(15)12-28/h1,4,6-7,13,21,24H,2-3,5,8-12H2. The lowest BCUT2D eigenvalue weighted by atomic mass is 9.95. The van der Waals surface area contributed by atoms with Crippen LogP contribution in [0.1, 0.15) is 41.1 Å². The summed E-state index contributed by atoms with van der Waals surface area (Å²) in [6.07, 6.45) is 0.272. The average molecular weight is 399 g/mol. The fourth-order valence-corrected chi connectivity index (χ4v) is 4.41. The summed E-state index contributed by atoms with van der Waals surface area (Å²) >= 11 is 0. The molecule has 1 amide bonds. The number of halogens is 2. The second-order valence-electron chi connectivity index (χ2n) is 8.09.